The molecule has 2 atom stereocenters. The number of hydrazine groups is 1. The Hall–Kier alpha value is -1.20. The minimum Gasteiger partial charge on any atom is -0.349 e. The van der Waals surface area contributed by atoms with Crippen LogP contribution in [0.4, 0.5) is 5.69 Å². The molecule has 0 aliphatic heterocycles. The molecule has 19 heavy (non-hydrogen) atoms. The van der Waals surface area contributed by atoms with Gasteiger partial charge in [-0.25, -0.2) is 0 Å². The molecule has 1 aromatic carbocycles. The van der Waals surface area contributed by atoms with Gasteiger partial charge in [0.05, 0.1) is 11.3 Å². The van der Waals surface area contributed by atoms with Crippen LogP contribution in [0.25, 0.3) is 0 Å². The van der Waals surface area contributed by atoms with Crippen LogP contribution >= 0.6 is 11.8 Å². The first-order valence-electron chi connectivity index (χ1n) is 6.55. The van der Waals surface area contributed by atoms with Gasteiger partial charge in [-0.15, -0.1) is 0 Å². The van der Waals surface area contributed by atoms with Gasteiger partial charge in [0.15, 0.2) is 0 Å². The standard InChI is InChI=1S/C14H21N3OS/c1-9-3-6-13(17-15)12(7-9)14(18)16-10-4-5-11(8-10)19-2/h3,6-7,10-11,17H,4-5,8,15H2,1-2H3,(H,16,18). The highest BCUT2D eigenvalue weighted by Crippen LogP contribution is 2.28. The summed E-state index contributed by atoms with van der Waals surface area (Å²) in [6.45, 7) is 1.97. The molecule has 1 aliphatic carbocycles. The summed E-state index contributed by atoms with van der Waals surface area (Å²) in [6, 6.07) is 5.93. The second-order valence-corrected chi connectivity index (χ2v) is 6.17. The molecule has 0 heterocycles. The predicted octanol–water partition coefficient (Wildman–Crippen LogP) is 2.29. The van der Waals surface area contributed by atoms with Crippen LogP contribution in [-0.2, 0) is 0 Å². The third-order valence-corrected chi connectivity index (χ3v) is 4.72. The molecule has 2 rings (SSSR count). The maximum Gasteiger partial charge on any atom is 0.253 e. The number of nitrogens with one attached hydrogen (secondary N) is 2. The molecule has 104 valence electrons. The Kier molecular flexibility index (Phi) is 4.71. The van der Waals surface area contributed by atoms with Crippen LogP contribution in [0.3, 0.4) is 0 Å². The van der Waals surface area contributed by atoms with Gasteiger partial charge in [0.25, 0.3) is 5.91 Å². The molecule has 0 aromatic heterocycles. The molecule has 4 N–H and O–H groups in total. The number of nitrogens with two attached hydrogens (primary N) is 1. The van der Waals surface area contributed by atoms with E-state index in [1.807, 2.05) is 36.9 Å². The van der Waals surface area contributed by atoms with E-state index in [4.69, 9.17) is 5.84 Å². The van der Waals surface area contributed by atoms with Crippen LogP contribution in [0.1, 0.15) is 35.2 Å². The van der Waals surface area contributed by atoms with E-state index in [0.29, 0.717) is 16.5 Å². The van der Waals surface area contributed by atoms with Crippen molar-refractivity contribution in [2.75, 3.05) is 11.7 Å². The lowest BCUT2D eigenvalue weighted by Crippen LogP contribution is -2.33. The van der Waals surface area contributed by atoms with E-state index in [9.17, 15) is 4.79 Å². The van der Waals surface area contributed by atoms with Gasteiger partial charge in [-0.1, -0.05) is 11.6 Å². The van der Waals surface area contributed by atoms with Gasteiger partial charge in [-0.05, 0) is 44.6 Å². The molecule has 0 radical (unpaired) electrons. The van der Waals surface area contributed by atoms with Crippen LogP contribution < -0.4 is 16.6 Å². The lowest BCUT2D eigenvalue weighted by Gasteiger charge is -2.15. The Labute approximate surface area is 118 Å². The maximum absolute atomic E-state index is 12.3. The largest absolute Gasteiger partial charge is 0.349 e. The number of nitrogen functional groups attached to an aromatic ring is 1. The molecule has 1 amide bonds. The number of thioether (sulfide) groups is 1. The second-order valence-electron chi connectivity index (χ2n) is 5.03. The summed E-state index contributed by atoms with van der Waals surface area (Å²) in [5, 5.41) is 3.79. The van der Waals surface area contributed by atoms with Crippen molar-refractivity contribution in [2.45, 2.75) is 37.5 Å². The molecule has 5 heteroatoms. The number of carbonyl (C=O) groups excluding carboxylic acids is 1. The SMILES string of the molecule is CSC1CCC(NC(=O)c2cc(C)ccc2NN)C1. The van der Waals surface area contributed by atoms with Gasteiger partial charge in [-0.2, -0.15) is 11.8 Å². The number of aryl methyl sites for hydroxylation is 1. The van der Waals surface area contributed by atoms with Gasteiger partial charge < -0.3 is 10.7 Å². The summed E-state index contributed by atoms with van der Waals surface area (Å²) in [5.74, 6) is 5.42. The van der Waals surface area contributed by atoms with Crippen molar-refractivity contribution >= 4 is 23.4 Å². The molecule has 1 aliphatic rings. The summed E-state index contributed by atoms with van der Waals surface area (Å²) >= 11 is 1.89. The van der Waals surface area contributed by atoms with Crippen LogP contribution in [0.5, 0.6) is 0 Å². The van der Waals surface area contributed by atoms with Crippen molar-refractivity contribution in [3.63, 3.8) is 0 Å². The molecule has 1 fully saturated rings. The van der Waals surface area contributed by atoms with Gasteiger partial charge in [-0.3, -0.25) is 10.6 Å². The van der Waals surface area contributed by atoms with Gasteiger partial charge in [0.1, 0.15) is 0 Å². The normalized spacial score (nSPS) is 22.3. The fourth-order valence-electron chi connectivity index (χ4n) is 2.52. The minimum absolute atomic E-state index is 0.0385. The highest BCUT2D eigenvalue weighted by molar-refractivity contribution is 7.99. The maximum atomic E-state index is 12.3. The minimum atomic E-state index is -0.0385. The molecule has 0 spiro atoms. The Morgan fingerprint density at radius 2 is 2.21 bits per heavy atom. The highest BCUT2D eigenvalue weighted by atomic mass is 32.2. The Balaban J connectivity index is 2.06. The van der Waals surface area contributed by atoms with E-state index in [1.165, 1.54) is 6.42 Å². The molecular weight excluding hydrogens is 258 g/mol. The van der Waals surface area contributed by atoms with E-state index in [1.54, 1.807) is 0 Å². The van der Waals surface area contributed by atoms with E-state index in [-0.39, 0.29) is 11.9 Å². The number of carbonyl (C=O) groups is 1. The number of hydrogen-bond donors (Lipinski definition) is 3. The van der Waals surface area contributed by atoms with E-state index < -0.39 is 0 Å². The topological polar surface area (TPSA) is 67.2 Å². The van der Waals surface area contributed by atoms with Crippen LogP contribution in [0.15, 0.2) is 18.2 Å². The van der Waals surface area contributed by atoms with Crippen molar-refractivity contribution in [1.29, 1.82) is 0 Å². The summed E-state index contributed by atoms with van der Waals surface area (Å²) < 4.78 is 0. The quantitative estimate of drug-likeness (QED) is 0.584. The Morgan fingerprint density at radius 1 is 1.42 bits per heavy atom. The zero-order valence-corrected chi connectivity index (χ0v) is 12.2. The lowest BCUT2D eigenvalue weighted by atomic mass is 10.1. The summed E-state index contributed by atoms with van der Waals surface area (Å²) in [7, 11) is 0. The summed E-state index contributed by atoms with van der Waals surface area (Å²) in [6.07, 6.45) is 5.44. The number of hydrogen-bond acceptors (Lipinski definition) is 4. The summed E-state index contributed by atoms with van der Waals surface area (Å²) in [4.78, 5) is 12.3. The molecule has 1 aromatic rings. The monoisotopic (exact) mass is 279 g/mol. The first-order chi connectivity index (χ1) is 9.13. The lowest BCUT2D eigenvalue weighted by molar-refractivity contribution is 0.0938. The number of benzene rings is 1. The van der Waals surface area contributed by atoms with Crippen molar-refractivity contribution in [3.05, 3.63) is 29.3 Å². The summed E-state index contributed by atoms with van der Waals surface area (Å²) in [5.41, 5.74) is 4.93. The van der Waals surface area contributed by atoms with Crippen molar-refractivity contribution in [1.82, 2.24) is 5.32 Å². The molecule has 0 saturated heterocycles. The second kappa shape index (κ2) is 6.30. The van der Waals surface area contributed by atoms with E-state index >= 15 is 0 Å². The zero-order valence-electron chi connectivity index (χ0n) is 11.4. The fourth-order valence-corrected chi connectivity index (χ4v) is 3.32. The number of amides is 1. The molecule has 0 bridgehead atoms. The first-order valence-corrected chi connectivity index (χ1v) is 7.83. The van der Waals surface area contributed by atoms with Crippen LogP contribution in [0, 0.1) is 6.92 Å². The molecule has 1 saturated carbocycles. The number of rotatable bonds is 4. The van der Waals surface area contributed by atoms with Crippen LogP contribution in [-0.4, -0.2) is 23.5 Å². The number of anilines is 1. The smallest absolute Gasteiger partial charge is 0.253 e. The van der Waals surface area contributed by atoms with Gasteiger partial charge >= 0.3 is 0 Å². The molecular formula is C14H21N3OS. The van der Waals surface area contributed by atoms with Crippen molar-refractivity contribution in [2.24, 2.45) is 5.84 Å². The van der Waals surface area contributed by atoms with Gasteiger partial charge in [0.2, 0.25) is 0 Å². The third kappa shape index (κ3) is 3.42. The average molecular weight is 279 g/mol. The highest BCUT2D eigenvalue weighted by Gasteiger charge is 2.26. The van der Waals surface area contributed by atoms with Gasteiger partial charge in [0, 0.05) is 11.3 Å². The zero-order chi connectivity index (χ0) is 13.8. The van der Waals surface area contributed by atoms with E-state index in [2.05, 4.69) is 17.0 Å². The molecule has 2 unspecified atom stereocenters. The van der Waals surface area contributed by atoms with Crippen LogP contribution in [0.2, 0.25) is 0 Å². The van der Waals surface area contributed by atoms with Crippen molar-refractivity contribution < 1.29 is 4.79 Å². The first kappa shape index (κ1) is 14.2. The average Bonchev–Trinajstić information content (AvgIpc) is 2.86. The Bertz CT molecular complexity index is 464. The Morgan fingerprint density at radius 3 is 2.84 bits per heavy atom. The predicted molar refractivity (Wildman–Crippen MR) is 81.4 cm³/mol. The molecule has 4 nitrogen and oxygen atoms in total. The van der Waals surface area contributed by atoms with E-state index in [0.717, 1.165) is 18.4 Å². The fraction of sp³-hybridized carbons (Fsp3) is 0.500. The van der Waals surface area contributed by atoms with Crippen molar-refractivity contribution in [3.8, 4) is 0 Å². The third-order valence-electron chi connectivity index (χ3n) is 3.63.